The minimum atomic E-state index is -0.770. The highest BCUT2D eigenvalue weighted by atomic mass is 16.5. The molecule has 0 fully saturated rings. The fourth-order valence-corrected chi connectivity index (χ4v) is 14.0. The number of para-hydroxylation sites is 2. The van der Waals surface area contributed by atoms with Gasteiger partial charge in [-0.1, -0.05) is 240 Å². The Hall–Kier alpha value is -9.64. The Kier molecular flexibility index (Phi) is 15.0. The van der Waals surface area contributed by atoms with Gasteiger partial charge in [0.2, 0.25) is 0 Å². The van der Waals surface area contributed by atoms with E-state index in [2.05, 4.69) is 265 Å². The molecule has 0 amide bonds. The van der Waals surface area contributed by atoms with Crippen LogP contribution in [0.2, 0.25) is 0 Å². The molecule has 4 heteroatoms. The van der Waals surface area contributed by atoms with E-state index in [0.717, 1.165) is 107 Å². The van der Waals surface area contributed by atoms with Gasteiger partial charge in [0.25, 0.3) is 0 Å². The largest absolute Gasteiger partial charge is 0.459 e. The molecule has 6 aromatic carbocycles. The SMILES string of the molecule is C=C/C(C)=C(\C)Oc1c(C)cccc1N(\C=C1C=C/C2=C/C=C(/N3c4ccc(-c5ccccc5)cc4C4(C)C=CC(C)C5=C4C3(C)c3oc4c(C)cccc4c3C5C)C(=C)\C=C/C(C=C)=C/1C2)C(=C)/C(=C\C(=C)Cc1ccccc1)c1ccccc1. The zero-order chi connectivity index (χ0) is 60.2. The van der Waals surface area contributed by atoms with Crippen molar-refractivity contribution in [3.05, 3.63) is 358 Å². The third kappa shape index (κ3) is 9.77. The average molecular weight is 1120 g/mol. The summed E-state index contributed by atoms with van der Waals surface area (Å²) in [6.07, 6.45) is 28.0. The highest BCUT2D eigenvalue weighted by Gasteiger charge is 2.60. The summed E-state index contributed by atoms with van der Waals surface area (Å²) in [5, 5.41) is 1.18. The van der Waals surface area contributed by atoms with E-state index in [1.807, 2.05) is 38.1 Å². The van der Waals surface area contributed by atoms with Crippen molar-refractivity contribution in [2.45, 2.75) is 85.1 Å². The number of furan rings is 1. The van der Waals surface area contributed by atoms with Gasteiger partial charge in [0.15, 0.2) is 5.75 Å². The number of benzene rings is 6. The Balaban J connectivity index is 1.05. The van der Waals surface area contributed by atoms with E-state index in [1.165, 1.54) is 44.3 Å². The summed E-state index contributed by atoms with van der Waals surface area (Å²) in [7, 11) is 0. The molecule has 5 aliphatic rings. The van der Waals surface area contributed by atoms with Gasteiger partial charge in [-0.05, 0) is 169 Å². The van der Waals surface area contributed by atoms with Crippen LogP contribution < -0.4 is 14.5 Å². The lowest BCUT2D eigenvalue weighted by Crippen LogP contribution is -2.57. The minimum absolute atomic E-state index is 0.119. The predicted molar refractivity (Wildman–Crippen MR) is 363 cm³/mol. The normalized spacial score (nSPS) is 23.7. The van der Waals surface area contributed by atoms with Crippen molar-refractivity contribution < 1.29 is 9.15 Å². The Morgan fingerprint density at radius 1 is 0.779 bits per heavy atom. The van der Waals surface area contributed by atoms with Crippen LogP contribution in [0.1, 0.15) is 93.0 Å². The Labute approximate surface area is 510 Å². The van der Waals surface area contributed by atoms with Crippen LogP contribution in [0, 0.1) is 19.8 Å². The van der Waals surface area contributed by atoms with E-state index in [-0.39, 0.29) is 11.8 Å². The van der Waals surface area contributed by atoms with E-state index in [0.29, 0.717) is 12.8 Å². The van der Waals surface area contributed by atoms with Crippen LogP contribution >= 0.6 is 0 Å². The first kappa shape index (κ1) is 56.8. The first-order valence-corrected chi connectivity index (χ1v) is 30.1. The Morgan fingerprint density at radius 3 is 2.22 bits per heavy atom. The molecule has 0 radical (unpaired) electrons. The molecule has 0 N–H and O–H groups in total. The number of ether oxygens (including phenoxy) is 1. The number of hydrogen-bond acceptors (Lipinski definition) is 4. The molecular formula is C82H76N2O2. The Bertz CT molecular complexity index is 4320. The van der Waals surface area contributed by atoms with Gasteiger partial charge in [-0.2, -0.15) is 0 Å². The molecule has 1 aromatic heterocycles. The number of nitrogens with zero attached hydrogens (tertiary/aromatic N) is 2. The van der Waals surface area contributed by atoms with Crippen molar-refractivity contribution in [1.29, 1.82) is 0 Å². The van der Waals surface area contributed by atoms with E-state index in [4.69, 9.17) is 22.3 Å². The zero-order valence-electron chi connectivity index (χ0n) is 51.1. The molecular weight excluding hydrogens is 1040 g/mol. The molecule has 0 saturated heterocycles. The lowest BCUT2D eigenvalue weighted by atomic mass is 9.54. The number of rotatable bonds is 14. The van der Waals surface area contributed by atoms with E-state index < -0.39 is 11.0 Å². The van der Waals surface area contributed by atoms with Crippen LogP contribution in [-0.2, 0) is 17.4 Å². The molecule has 4 atom stereocenters. The molecule has 0 spiro atoms. The van der Waals surface area contributed by atoms with Gasteiger partial charge in [0.05, 0.1) is 5.69 Å². The van der Waals surface area contributed by atoms with E-state index in [1.54, 1.807) is 0 Å². The van der Waals surface area contributed by atoms with Gasteiger partial charge in [0, 0.05) is 51.1 Å². The van der Waals surface area contributed by atoms with Crippen molar-refractivity contribution in [3.8, 4) is 16.9 Å². The topological polar surface area (TPSA) is 28.9 Å². The van der Waals surface area contributed by atoms with Crippen LogP contribution in [0.25, 0.3) is 27.7 Å². The highest BCUT2D eigenvalue weighted by Crippen LogP contribution is 2.66. The van der Waals surface area contributed by atoms with E-state index >= 15 is 0 Å². The number of allylic oxidation sites excluding steroid dienone is 20. The minimum Gasteiger partial charge on any atom is -0.459 e. The molecule has 4 aliphatic carbocycles. The quantitative estimate of drug-likeness (QED) is 0.0616. The first-order valence-electron chi connectivity index (χ1n) is 30.1. The molecule has 4 nitrogen and oxygen atoms in total. The zero-order valence-corrected chi connectivity index (χ0v) is 51.1. The molecule has 2 heterocycles. The van der Waals surface area contributed by atoms with Crippen molar-refractivity contribution in [1.82, 2.24) is 0 Å². The van der Waals surface area contributed by atoms with E-state index in [9.17, 15) is 0 Å². The standard InChI is InChI=1S/C82H76N2O2/c1-14-53(4)60(11)85-78-57(8)28-26-36-74(78)83(59(10)69(65-33-23-18-24-34-65)48-52(3)47-61-29-19-16-20-30-61)51-67-41-38-62-39-43-72(54(5)37-40-63(15-2)70(67)49-62)84-73-44-42-66(64-31-21-17-22-32-64)50-71(73)81(12)46-45-55(6)75-58(9)76-68-35-25-27-56(7)77(68)86-80(76)82(84,13)79(75)81/h14-46,48,50-51,55,58H,1-3,5,10,47,49H2,4,6-9,11-13H3/b40-37-,60-53+,62-39-,67-51+,69-48+,70-63+,72-43+. The van der Waals surface area contributed by atoms with Crippen LogP contribution in [0.15, 0.2) is 323 Å². The second-order valence-corrected chi connectivity index (χ2v) is 24.1. The van der Waals surface area contributed by atoms with Crippen LogP contribution in [-0.4, -0.2) is 0 Å². The third-order valence-electron chi connectivity index (χ3n) is 18.6. The molecule has 4 unspecified atom stereocenters. The molecule has 7 aromatic rings. The summed E-state index contributed by atoms with van der Waals surface area (Å²) < 4.78 is 14.3. The van der Waals surface area contributed by atoms with Gasteiger partial charge in [-0.25, -0.2) is 0 Å². The number of anilines is 2. The highest BCUT2D eigenvalue weighted by molar-refractivity contribution is 5.91. The number of fused-ring (bicyclic) bond motifs is 8. The van der Waals surface area contributed by atoms with Crippen LogP contribution in [0.4, 0.5) is 11.4 Å². The summed E-state index contributed by atoms with van der Waals surface area (Å²) in [4.78, 5) is 4.78. The van der Waals surface area contributed by atoms with Crippen molar-refractivity contribution in [2.75, 3.05) is 9.80 Å². The second-order valence-electron chi connectivity index (χ2n) is 24.1. The van der Waals surface area contributed by atoms with Crippen LogP contribution in [0.5, 0.6) is 5.75 Å². The molecule has 2 bridgehead atoms. The van der Waals surface area contributed by atoms with Gasteiger partial charge >= 0.3 is 0 Å². The monoisotopic (exact) mass is 1120 g/mol. The maximum absolute atomic E-state index is 7.44. The lowest BCUT2D eigenvalue weighted by Gasteiger charge is -2.59. The lowest BCUT2D eigenvalue weighted by molar-refractivity contribution is 0.341. The molecule has 12 rings (SSSR count). The van der Waals surface area contributed by atoms with Gasteiger partial charge < -0.3 is 19.0 Å². The second kappa shape index (κ2) is 22.7. The van der Waals surface area contributed by atoms with Crippen molar-refractivity contribution >= 4 is 27.9 Å². The maximum atomic E-state index is 7.44. The van der Waals surface area contributed by atoms with Gasteiger partial charge in [-0.15, -0.1) is 0 Å². The fraction of sp³-hybridized carbons (Fsp3) is 0.171. The van der Waals surface area contributed by atoms with Gasteiger partial charge in [0.1, 0.15) is 22.6 Å². The number of hydrogen-bond donors (Lipinski definition) is 0. The molecule has 0 saturated carbocycles. The summed E-state index contributed by atoms with van der Waals surface area (Å²) >= 11 is 0. The maximum Gasteiger partial charge on any atom is 0.153 e. The number of aryl methyl sites for hydroxylation is 2. The van der Waals surface area contributed by atoms with Crippen molar-refractivity contribution in [3.63, 3.8) is 0 Å². The summed E-state index contributed by atoms with van der Waals surface area (Å²) in [5.74, 6) is 2.80. The fourth-order valence-electron chi connectivity index (χ4n) is 14.0. The van der Waals surface area contributed by atoms with Crippen LogP contribution in [0.3, 0.4) is 0 Å². The summed E-state index contributed by atoms with van der Waals surface area (Å²) in [6, 6.07) is 51.7. The summed E-state index contributed by atoms with van der Waals surface area (Å²) in [6.45, 7) is 41.1. The van der Waals surface area contributed by atoms with Gasteiger partial charge in [-0.3, -0.25) is 0 Å². The Morgan fingerprint density at radius 2 is 1.49 bits per heavy atom. The smallest absolute Gasteiger partial charge is 0.153 e. The predicted octanol–water partition coefficient (Wildman–Crippen LogP) is 21.4. The average Bonchev–Trinajstić information content (AvgIpc) is 1.11. The molecule has 1 aliphatic heterocycles. The first-order chi connectivity index (χ1) is 41.5. The summed E-state index contributed by atoms with van der Waals surface area (Å²) in [5.41, 5.74) is 23.4. The van der Waals surface area contributed by atoms with Crippen molar-refractivity contribution in [2.24, 2.45) is 5.92 Å². The molecule has 86 heavy (non-hydrogen) atoms. The molecule has 426 valence electrons. The third-order valence-corrected chi connectivity index (χ3v) is 18.6.